The Morgan fingerprint density at radius 1 is 1.09 bits per heavy atom. The summed E-state index contributed by atoms with van der Waals surface area (Å²) in [5.74, 6) is -0.933. The summed E-state index contributed by atoms with van der Waals surface area (Å²) in [5, 5.41) is 20.7. The van der Waals surface area contributed by atoms with Crippen LogP contribution in [0.2, 0.25) is 0 Å². The van der Waals surface area contributed by atoms with E-state index in [9.17, 15) is 19.8 Å². The van der Waals surface area contributed by atoms with E-state index in [0.29, 0.717) is 31.2 Å². The van der Waals surface area contributed by atoms with Crippen molar-refractivity contribution in [2.24, 2.45) is 5.73 Å². The molecule has 5 rings (SSSR count). The standard InChI is InChI=1S/C27H33N4O4/c1-17-5-2-3-6-21(17)30-13-11-29(12-14-30)19-9-10-20-18(15-19)16-23(26(28)34)31(27(20)35)22-7-4-8-24(32)25(22)33/h2-3,5-6,10,15,22-25,32-33H,4,7-8,11-14,16H2,1H3,(H2,28,34)/t22-,23?,24-,25+/m0/s1. The Kier molecular flexibility index (Phi) is 6.42. The molecule has 0 aromatic heterocycles. The highest BCUT2D eigenvalue weighted by molar-refractivity contribution is 6.01. The van der Waals surface area contributed by atoms with E-state index in [-0.39, 0.29) is 5.91 Å². The van der Waals surface area contributed by atoms with Gasteiger partial charge in [-0.2, -0.15) is 0 Å². The largest absolute Gasteiger partial charge is 0.390 e. The molecule has 4 atom stereocenters. The van der Waals surface area contributed by atoms with Crippen LogP contribution in [0, 0.1) is 13.0 Å². The van der Waals surface area contributed by atoms with Gasteiger partial charge >= 0.3 is 0 Å². The number of benzene rings is 2. The van der Waals surface area contributed by atoms with Crippen molar-refractivity contribution in [2.45, 2.75) is 56.9 Å². The second kappa shape index (κ2) is 9.51. The first-order chi connectivity index (χ1) is 16.8. The number of amides is 2. The molecule has 2 fully saturated rings. The second-order valence-corrected chi connectivity index (χ2v) is 9.91. The number of piperazine rings is 1. The molecule has 2 aliphatic heterocycles. The van der Waals surface area contributed by atoms with Gasteiger partial charge in [-0.3, -0.25) is 9.59 Å². The minimum atomic E-state index is -1.09. The zero-order chi connectivity index (χ0) is 24.7. The molecule has 1 saturated heterocycles. The Morgan fingerprint density at radius 3 is 2.51 bits per heavy atom. The van der Waals surface area contributed by atoms with E-state index in [0.717, 1.165) is 37.4 Å². The molecule has 1 aliphatic carbocycles. The molecule has 1 unspecified atom stereocenters. The van der Waals surface area contributed by atoms with E-state index < -0.39 is 30.2 Å². The third-order valence-corrected chi connectivity index (χ3v) is 7.79. The molecule has 2 aromatic carbocycles. The van der Waals surface area contributed by atoms with Gasteiger partial charge in [0.05, 0.1) is 12.1 Å². The summed E-state index contributed by atoms with van der Waals surface area (Å²) in [6.45, 7) is 5.55. The van der Waals surface area contributed by atoms with Crippen LogP contribution in [0.25, 0.3) is 0 Å². The molecule has 0 bridgehead atoms. The van der Waals surface area contributed by atoms with E-state index in [2.05, 4.69) is 47.1 Å². The predicted octanol–water partition coefficient (Wildman–Crippen LogP) is 1.25. The summed E-state index contributed by atoms with van der Waals surface area (Å²) in [6.07, 6.45) is -0.0416. The summed E-state index contributed by atoms with van der Waals surface area (Å²) < 4.78 is 0. The number of aliphatic hydroxyl groups is 2. The number of carbonyl (C=O) groups excluding carboxylic acids is 2. The van der Waals surface area contributed by atoms with Crippen molar-refractivity contribution >= 4 is 23.2 Å². The zero-order valence-electron chi connectivity index (χ0n) is 20.1. The first kappa shape index (κ1) is 23.6. The lowest BCUT2D eigenvalue weighted by Gasteiger charge is -2.45. The van der Waals surface area contributed by atoms with Crippen molar-refractivity contribution in [3.8, 4) is 0 Å². The van der Waals surface area contributed by atoms with Gasteiger partial charge in [-0.05, 0) is 55.5 Å². The lowest BCUT2D eigenvalue weighted by atomic mass is 9.84. The molecule has 4 N–H and O–H groups in total. The van der Waals surface area contributed by atoms with Crippen molar-refractivity contribution in [3.63, 3.8) is 0 Å². The van der Waals surface area contributed by atoms with Crippen molar-refractivity contribution in [1.29, 1.82) is 0 Å². The maximum Gasteiger partial charge on any atom is 0.255 e. The lowest BCUT2D eigenvalue weighted by Crippen LogP contribution is -2.62. The fraction of sp³-hybridized carbons (Fsp3) is 0.481. The Balaban J connectivity index is 1.36. The number of aliphatic hydroxyl groups excluding tert-OH is 2. The summed E-state index contributed by atoms with van der Waals surface area (Å²) in [5.41, 5.74) is 10.4. The Morgan fingerprint density at radius 2 is 1.80 bits per heavy atom. The van der Waals surface area contributed by atoms with E-state index >= 15 is 0 Å². The molecule has 1 radical (unpaired) electrons. The number of primary amides is 1. The number of rotatable bonds is 4. The fourth-order valence-corrected chi connectivity index (χ4v) is 5.82. The molecular formula is C27H33N4O4. The fourth-order valence-electron chi connectivity index (χ4n) is 5.82. The van der Waals surface area contributed by atoms with E-state index in [1.165, 1.54) is 16.2 Å². The summed E-state index contributed by atoms with van der Waals surface area (Å²) in [4.78, 5) is 31.9. The molecule has 3 aliphatic rings. The molecule has 0 spiro atoms. The highest BCUT2D eigenvalue weighted by Gasteiger charge is 2.45. The van der Waals surface area contributed by atoms with Gasteiger partial charge in [0.2, 0.25) is 5.91 Å². The topological polar surface area (TPSA) is 110 Å². The number of para-hydroxylation sites is 1. The first-order valence-electron chi connectivity index (χ1n) is 12.4. The van der Waals surface area contributed by atoms with Gasteiger partial charge < -0.3 is 30.6 Å². The maximum atomic E-state index is 13.5. The molecule has 2 amide bonds. The first-order valence-corrected chi connectivity index (χ1v) is 12.4. The monoisotopic (exact) mass is 477 g/mol. The summed E-state index contributed by atoms with van der Waals surface area (Å²) in [7, 11) is 0. The number of aryl methyl sites for hydroxylation is 1. The van der Waals surface area contributed by atoms with Crippen molar-refractivity contribution in [2.75, 3.05) is 36.0 Å². The average molecular weight is 478 g/mol. The van der Waals surface area contributed by atoms with Crippen LogP contribution in [-0.4, -0.2) is 77.4 Å². The average Bonchev–Trinajstić information content (AvgIpc) is 2.86. The third kappa shape index (κ3) is 4.36. The van der Waals surface area contributed by atoms with Gasteiger partial charge in [-0.1, -0.05) is 18.2 Å². The lowest BCUT2D eigenvalue weighted by molar-refractivity contribution is -0.126. The van der Waals surface area contributed by atoms with Gasteiger partial charge in [0.25, 0.3) is 5.91 Å². The van der Waals surface area contributed by atoms with E-state index in [1.807, 2.05) is 6.07 Å². The Bertz CT molecular complexity index is 1110. The number of nitrogens with zero attached hydrogens (tertiary/aromatic N) is 3. The van der Waals surface area contributed by atoms with Gasteiger partial charge in [0.15, 0.2) is 0 Å². The van der Waals surface area contributed by atoms with Crippen LogP contribution in [0.3, 0.4) is 0 Å². The molecular weight excluding hydrogens is 444 g/mol. The third-order valence-electron chi connectivity index (χ3n) is 7.79. The second-order valence-electron chi connectivity index (χ2n) is 9.91. The minimum absolute atomic E-state index is 0.292. The van der Waals surface area contributed by atoms with E-state index in [4.69, 9.17) is 5.73 Å². The van der Waals surface area contributed by atoms with Gasteiger partial charge in [-0.25, -0.2) is 0 Å². The van der Waals surface area contributed by atoms with Gasteiger partial charge in [-0.15, -0.1) is 0 Å². The predicted molar refractivity (Wildman–Crippen MR) is 133 cm³/mol. The zero-order valence-corrected chi connectivity index (χ0v) is 20.1. The number of fused-ring (bicyclic) bond motifs is 1. The van der Waals surface area contributed by atoms with Crippen LogP contribution < -0.4 is 15.5 Å². The normalized spacial score (nSPS) is 27.1. The molecule has 8 nitrogen and oxygen atoms in total. The summed E-state index contributed by atoms with van der Waals surface area (Å²) in [6, 6.07) is 13.8. The SMILES string of the molecule is Cc1ccccc1N1CCN(c2[c]cc3c(c2)CC(C(N)=O)N([C@H]2CCC[C@H](O)[C@@H]2O)C3=O)CC1. The van der Waals surface area contributed by atoms with Crippen LogP contribution >= 0.6 is 0 Å². The van der Waals surface area contributed by atoms with Crippen LogP contribution in [-0.2, 0) is 11.2 Å². The van der Waals surface area contributed by atoms with Crippen LogP contribution in [0.1, 0.15) is 40.7 Å². The number of hydrogen-bond donors (Lipinski definition) is 3. The van der Waals surface area contributed by atoms with Crippen molar-refractivity contribution in [3.05, 3.63) is 59.2 Å². The number of anilines is 2. The molecule has 8 heteroatoms. The highest BCUT2D eigenvalue weighted by Crippen LogP contribution is 2.33. The smallest absolute Gasteiger partial charge is 0.255 e. The van der Waals surface area contributed by atoms with Crippen LogP contribution in [0.5, 0.6) is 0 Å². The van der Waals surface area contributed by atoms with Crippen molar-refractivity contribution in [1.82, 2.24) is 4.90 Å². The van der Waals surface area contributed by atoms with Gasteiger partial charge in [0, 0.05) is 55.6 Å². The number of hydrogen-bond acceptors (Lipinski definition) is 6. The Hall–Kier alpha value is -3.10. The van der Waals surface area contributed by atoms with Crippen LogP contribution in [0.15, 0.2) is 36.4 Å². The van der Waals surface area contributed by atoms with Crippen molar-refractivity contribution < 1.29 is 19.8 Å². The maximum absolute atomic E-state index is 13.5. The number of nitrogens with two attached hydrogens (primary N) is 1. The minimum Gasteiger partial charge on any atom is -0.390 e. The molecule has 35 heavy (non-hydrogen) atoms. The quantitative estimate of drug-likeness (QED) is 0.611. The van der Waals surface area contributed by atoms with Crippen LogP contribution in [0.4, 0.5) is 11.4 Å². The molecule has 185 valence electrons. The molecule has 2 aromatic rings. The Labute approximate surface area is 205 Å². The van der Waals surface area contributed by atoms with Gasteiger partial charge in [0.1, 0.15) is 12.1 Å². The number of carbonyl (C=O) groups is 2. The highest BCUT2D eigenvalue weighted by atomic mass is 16.3. The van der Waals surface area contributed by atoms with E-state index in [1.54, 1.807) is 6.07 Å². The summed E-state index contributed by atoms with van der Waals surface area (Å²) >= 11 is 0. The molecule has 2 heterocycles. The molecule has 1 saturated carbocycles.